The molecule has 4 rings (SSSR count). The highest BCUT2D eigenvalue weighted by Crippen LogP contribution is 2.46. The Morgan fingerprint density at radius 3 is 2.21 bits per heavy atom. The van der Waals surface area contributed by atoms with Crippen LogP contribution >= 0.6 is 12.2 Å². The number of aliphatic hydroxyl groups is 1. The number of rotatable bonds is 6. The molecular weight excluding hydrogens is 378 g/mol. The molecule has 0 spiro atoms. The topological polar surface area (TPSA) is 43.7 Å². The molecule has 0 amide bonds. The summed E-state index contributed by atoms with van der Waals surface area (Å²) in [4.78, 5) is 3.05. The molecule has 1 aliphatic heterocycles. The average Bonchev–Trinajstić information content (AvgIpc) is 3.09. The first-order chi connectivity index (χ1) is 14.1. The molecule has 4 heteroatoms. The SMILES string of the molecule is Oc1ccccc1C1C(CCC(O)c2ccccc2)CC(=S)N1c1ccccc1. The average molecular weight is 404 g/mol. The van der Waals surface area contributed by atoms with E-state index in [9.17, 15) is 10.2 Å². The molecule has 0 radical (unpaired) electrons. The van der Waals surface area contributed by atoms with Gasteiger partial charge in [0.2, 0.25) is 0 Å². The standard InChI is InChI=1S/C25H25NO2S/c27-22(18-9-3-1-4-10-18)16-15-19-17-24(29)26(20-11-5-2-6-12-20)25(19)21-13-7-8-14-23(21)28/h1-14,19,22,25,27-28H,15-17H2. The number of hydrogen-bond donors (Lipinski definition) is 2. The first-order valence-corrected chi connectivity index (χ1v) is 10.4. The van der Waals surface area contributed by atoms with Crippen molar-refractivity contribution < 1.29 is 10.2 Å². The Morgan fingerprint density at radius 1 is 0.897 bits per heavy atom. The van der Waals surface area contributed by atoms with Gasteiger partial charge in [0.1, 0.15) is 5.75 Å². The lowest BCUT2D eigenvalue weighted by molar-refractivity contribution is 0.155. The molecule has 1 aliphatic rings. The molecule has 3 nitrogen and oxygen atoms in total. The van der Waals surface area contributed by atoms with Gasteiger partial charge in [0, 0.05) is 17.7 Å². The summed E-state index contributed by atoms with van der Waals surface area (Å²) in [6, 6.07) is 27.3. The van der Waals surface area contributed by atoms with E-state index >= 15 is 0 Å². The highest BCUT2D eigenvalue weighted by atomic mass is 32.1. The number of hydrogen-bond acceptors (Lipinski definition) is 3. The quantitative estimate of drug-likeness (QED) is 0.511. The van der Waals surface area contributed by atoms with Crippen molar-refractivity contribution in [1.82, 2.24) is 0 Å². The fourth-order valence-corrected chi connectivity index (χ4v) is 4.73. The normalized spacial score (nSPS) is 20.0. The van der Waals surface area contributed by atoms with E-state index in [0.717, 1.165) is 34.6 Å². The molecule has 0 bridgehead atoms. The van der Waals surface area contributed by atoms with Gasteiger partial charge >= 0.3 is 0 Å². The molecule has 0 aliphatic carbocycles. The fourth-order valence-electron chi connectivity index (χ4n) is 4.30. The van der Waals surface area contributed by atoms with E-state index in [1.165, 1.54) is 0 Å². The van der Waals surface area contributed by atoms with Gasteiger partial charge in [-0.15, -0.1) is 0 Å². The number of anilines is 1. The molecule has 1 fully saturated rings. The Morgan fingerprint density at radius 2 is 1.52 bits per heavy atom. The van der Waals surface area contributed by atoms with Crippen molar-refractivity contribution in [2.45, 2.75) is 31.4 Å². The molecule has 0 saturated carbocycles. The van der Waals surface area contributed by atoms with E-state index < -0.39 is 6.10 Å². The minimum atomic E-state index is -0.499. The predicted molar refractivity (Wildman–Crippen MR) is 121 cm³/mol. The van der Waals surface area contributed by atoms with Crippen molar-refractivity contribution in [1.29, 1.82) is 0 Å². The van der Waals surface area contributed by atoms with E-state index in [1.807, 2.05) is 66.7 Å². The minimum absolute atomic E-state index is 0.0472. The van der Waals surface area contributed by atoms with Crippen LogP contribution in [-0.4, -0.2) is 15.2 Å². The first kappa shape index (κ1) is 19.6. The van der Waals surface area contributed by atoms with E-state index in [-0.39, 0.29) is 17.7 Å². The molecule has 3 aromatic rings. The summed E-state index contributed by atoms with van der Waals surface area (Å²) in [6.07, 6.45) is 1.74. The van der Waals surface area contributed by atoms with Crippen molar-refractivity contribution in [2.24, 2.45) is 5.92 Å². The van der Waals surface area contributed by atoms with Crippen LogP contribution < -0.4 is 4.90 Å². The molecule has 0 aromatic heterocycles. The fraction of sp³-hybridized carbons (Fsp3) is 0.240. The number of phenolic OH excluding ortho intramolecular Hbond substituents is 1. The molecule has 2 N–H and O–H groups in total. The Kier molecular flexibility index (Phi) is 5.93. The lowest BCUT2D eigenvalue weighted by Gasteiger charge is -2.31. The second-order valence-electron chi connectivity index (χ2n) is 7.57. The van der Waals surface area contributed by atoms with E-state index in [2.05, 4.69) is 17.0 Å². The summed E-state index contributed by atoms with van der Waals surface area (Å²) >= 11 is 5.78. The zero-order chi connectivity index (χ0) is 20.2. The minimum Gasteiger partial charge on any atom is -0.508 e. The number of nitrogens with zero attached hydrogens (tertiary/aromatic N) is 1. The highest BCUT2D eigenvalue weighted by molar-refractivity contribution is 7.80. The largest absolute Gasteiger partial charge is 0.508 e. The van der Waals surface area contributed by atoms with Crippen molar-refractivity contribution in [3.63, 3.8) is 0 Å². The van der Waals surface area contributed by atoms with Gasteiger partial charge in [0.25, 0.3) is 0 Å². The zero-order valence-electron chi connectivity index (χ0n) is 16.2. The smallest absolute Gasteiger partial charge is 0.120 e. The number of aliphatic hydroxyl groups excluding tert-OH is 1. The molecule has 3 atom stereocenters. The van der Waals surface area contributed by atoms with Crippen LogP contribution in [0.2, 0.25) is 0 Å². The molecule has 29 heavy (non-hydrogen) atoms. The van der Waals surface area contributed by atoms with Gasteiger partial charge in [-0.2, -0.15) is 0 Å². The predicted octanol–water partition coefficient (Wildman–Crippen LogP) is 5.80. The zero-order valence-corrected chi connectivity index (χ0v) is 17.0. The summed E-state index contributed by atoms with van der Waals surface area (Å²) < 4.78 is 0. The van der Waals surface area contributed by atoms with E-state index in [4.69, 9.17) is 12.2 Å². The number of phenols is 1. The third kappa shape index (κ3) is 4.19. The summed E-state index contributed by atoms with van der Waals surface area (Å²) in [5, 5.41) is 21.2. The van der Waals surface area contributed by atoms with Gasteiger partial charge in [0.15, 0.2) is 0 Å². The Labute approximate surface area is 177 Å². The van der Waals surface area contributed by atoms with E-state index in [0.29, 0.717) is 6.42 Å². The molecular formula is C25H25NO2S. The molecule has 3 unspecified atom stereocenters. The van der Waals surface area contributed by atoms with Gasteiger partial charge in [0.05, 0.1) is 17.1 Å². The summed E-state index contributed by atoms with van der Waals surface area (Å²) in [7, 11) is 0. The maximum Gasteiger partial charge on any atom is 0.120 e. The van der Waals surface area contributed by atoms with Crippen LogP contribution in [0.15, 0.2) is 84.9 Å². The maximum atomic E-state index is 10.6. The van der Waals surface area contributed by atoms with Gasteiger partial charge in [-0.25, -0.2) is 0 Å². The maximum absolute atomic E-state index is 10.6. The Bertz CT molecular complexity index is 961. The summed E-state index contributed by atoms with van der Waals surface area (Å²) in [6.45, 7) is 0. The van der Waals surface area contributed by atoms with Crippen LogP contribution in [0, 0.1) is 5.92 Å². The lowest BCUT2D eigenvalue weighted by Crippen LogP contribution is -2.28. The number of para-hydroxylation sites is 2. The Balaban J connectivity index is 1.62. The second-order valence-corrected chi connectivity index (χ2v) is 8.04. The van der Waals surface area contributed by atoms with Crippen molar-refractivity contribution in [3.8, 4) is 5.75 Å². The van der Waals surface area contributed by atoms with Crippen molar-refractivity contribution >= 4 is 22.9 Å². The lowest BCUT2D eigenvalue weighted by atomic mass is 9.87. The molecule has 1 heterocycles. The number of aromatic hydroxyl groups is 1. The monoisotopic (exact) mass is 403 g/mol. The highest BCUT2D eigenvalue weighted by Gasteiger charge is 2.40. The first-order valence-electron chi connectivity index (χ1n) is 10.0. The van der Waals surface area contributed by atoms with Crippen LogP contribution in [0.5, 0.6) is 5.75 Å². The second kappa shape index (κ2) is 8.76. The summed E-state index contributed by atoms with van der Waals surface area (Å²) in [5.41, 5.74) is 2.86. The van der Waals surface area contributed by atoms with Gasteiger partial charge < -0.3 is 15.1 Å². The van der Waals surface area contributed by atoms with Crippen LogP contribution in [0.1, 0.15) is 42.5 Å². The van der Waals surface area contributed by atoms with Crippen LogP contribution in [-0.2, 0) is 0 Å². The molecule has 3 aromatic carbocycles. The Hall–Kier alpha value is -2.69. The number of benzene rings is 3. The van der Waals surface area contributed by atoms with E-state index in [1.54, 1.807) is 6.07 Å². The third-order valence-corrected chi connectivity index (χ3v) is 6.08. The van der Waals surface area contributed by atoms with Gasteiger partial charge in [-0.05, 0) is 42.5 Å². The molecule has 148 valence electrons. The van der Waals surface area contributed by atoms with Crippen molar-refractivity contribution in [2.75, 3.05) is 4.90 Å². The van der Waals surface area contributed by atoms with Gasteiger partial charge in [-0.1, -0.05) is 78.9 Å². The third-order valence-electron chi connectivity index (χ3n) is 5.72. The van der Waals surface area contributed by atoms with Crippen LogP contribution in [0.25, 0.3) is 0 Å². The molecule has 1 saturated heterocycles. The number of thiocarbonyl (C=S) groups is 1. The summed E-state index contributed by atoms with van der Waals surface area (Å²) in [5.74, 6) is 0.506. The van der Waals surface area contributed by atoms with Crippen molar-refractivity contribution in [3.05, 3.63) is 96.1 Å². The van der Waals surface area contributed by atoms with Crippen LogP contribution in [0.4, 0.5) is 5.69 Å². The van der Waals surface area contributed by atoms with Crippen LogP contribution in [0.3, 0.4) is 0 Å². The van der Waals surface area contributed by atoms with Gasteiger partial charge in [-0.3, -0.25) is 0 Å².